The monoisotopic (exact) mass is 438 g/mol. The molecule has 6 rings (SSSR count). The summed E-state index contributed by atoms with van der Waals surface area (Å²) >= 11 is 0. The highest BCUT2D eigenvalue weighted by atomic mass is 16.5. The molecule has 2 aliphatic rings. The predicted molar refractivity (Wildman–Crippen MR) is 129 cm³/mol. The molecule has 4 aromatic rings. The molecule has 1 aromatic heterocycles. The van der Waals surface area contributed by atoms with Crippen LogP contribution in [-0.2, 0) is 6.54 Å². The van der Waals surface area contributed by atoms with E-state index in [1.807, 2.05) is 73.7 Å². The van der Waals surface area contributed by atoms with Gasteiger partial charge in [-0.2, -0.15) is 0 Å². The molecule has 0 atom stereocenters. The Kier molecular flexibility index (Phi) is 4.92. The van der Waals surface area contributed by atoms with Crippen molar-refractivity contribution >= 4 is 22.6 Å². The number of nitrogens with one attached hydrogen (secondary N) is 1. The number of nitrogens with zero attached hydrogens (tertiary/aromatic N) is 1. The van der Waals surface area contributed by atoms with Crippen molar-refractivity contribution in [1.82, 2.24) is 4.90 Å². The van der Waals surface area contributed by atoms with Crippen LogP contribution in [0.15, 0.2) is 71.1 Å². The molecule has 1 aliphatic heterocycles. The number of amides is 1. The molecule has 0 unspecified atom stereocenters. The standard InChI is InChI=1S/C28H26N2O3/c1-18-7-11-21(12-8-18)29-28(31)26-25-22-16-30(15-19-9-10-19)17-32-23(22)13-14-24(25)33-27(26)20-5-3-2-4-6-20/h2-8,11-14,19H,9-10,15-17H2,1H3,(H,29,31). The van der Waals surface area contributed by atoms with Gasteiger partial charge < -0.3 is 14.5 Å². The smallest absolute Gasteiger partial charge is 0.260 e. The lowest BCUT2D eigenvalue weighted by Gasteiger charge is -2.29. The van der Waals surface area contributed by atoms with Crippen molar-refractivity contribution in [2.75, 3.05) is 18.6 Å². The zero-order chi connectivity index (χ0) is 22.4. The number of ether oxygens (including phenoxy) is 1. The topological polar surface area (TPSA) is 54.7 Å². The lowest BCUT2D eigenvalue weighted by atomic mass is 9.99. The van der Waals surface area contributed by atoms with Gasteiger partial charge in [0.2, 0.25) is 0 Å². The summed E-state index contributed by atoms with van der Waals surface area (Å²) in [5.74, 6) is 2.01. The van der Waals surface area contributed by atoms with E-state index in [0.717, 1.165) is 52.5 Å². The zero-order valence-electron chi connectivity index (χ0n) is 18.6. The molecule has 1 saturated carbocycles. The van der Waals surface area contributed by atoms with Gasteiger partial charge in [-0.1, -0.05) is 48.0 Å². The van der Waals surface area contributed by atoms with E-state index in [2.05, 4.69) is 10.2 Å². The molecule has 1 fully saturated rings. The van der Waals surface area contributed by atoms with Crippen LogP contribution in [0, 0.1) is 12.8 Å². The number of furan rings is 1. The van der Waals surface area contributed by atoms with Crippen molar-refractivity contribution in [3.63, 3.8) is 0 Å². The van der Waals surface area contributed by atoms with E-state index >= 15 is 0 Å². The van der Waals surface area contributed by atoms with Gasteiger partial charge in [0.05, 0.1) is 5.56 Å². The molecule has 166 valence electrons. The largest absolute Gasteiger partial charge is 0.478 e. The van der Waals surface area contributed by atoms with Gasteiger partial charge in [0, 0.05) is 35.3 Å². The van der Waals surface area contributed by atoms with Crippen LogP contribution >= 0.6 is 0 Å². The van der Waals surface area contributed by atoms with Crippen molar-refractivity contribution in [3.8, 4) is 17.1 Å². The Balaban J connectivity index is 1.48. The van der Waals surface area contributed by atoms with Crippen molar-refractivity contribution in [3.05, 3.63) is 83.4 Å². The molecule has 2 heterocycles. The Hall–Kier alpha value is -3.57. The van der Waals surface area contributed by atoms with Gasteiger partial charge >= 0.3 is 0 Å². The summed E-state index contributed by atoms with van der Waals surface area (Å²) in [7, 11) is 0. The van der Waals surface area contributed by atoms with Gasteiger partial charge in [0.15, 0.2) is 0 Å². The fourth-order valence-corrected chi connectivity index (χ4v) is 4.59. The van der Waals surface area contributed by atoms with Crippen LogP contribution < -0.4 is 10.1 Å². The summed E-state index contributed by atoms with van der Waals surface area (Å²) in [5.41, 5.74) is 5.08. The van der Waals surface area contributed by atoms with Crippen molar-refractivity contribution in [2.24, 2.45) is 5.92 Å². The third-order valence-corrected chi connectivity index (χ3v) is 6.49. The van der Waals surface area contributed by atoms with Gasteiger partial charge in [0.25, 0.3) is 5.91 Å². The summed E-state index contributed by atoms with van der Waals surface area (Å²) in [6.07, 6.45) is 2.59. The van der Waals surface area contributed by atoms with Crippen LogP contribution in [0.2, 0.25) is 0 Å². The summed E-state index contributed by atoms with van der Waals surface area (Å²) in [6, 6.07) is 21.5. The lowest BCUT2D eigenvalue weighted by Crippen LogP contribution is -2.33. The van der Waals surface area contributed by atoms with Crippen LogP contribution in [0.1, 0.15) is 34.3 Å². The van der Waals surface area contributed by atoms with Gasteiger partial charge in [-0.3, -0.25) is 9.69 Å². The number of hydrogen-bond acceptors (Lipinski definition) is 4. The van der Waals surface area contributed by atoms with Crippen molar-refractivity contribution in [2.45, 2.75) is 26.3 Å². The predicted octanol–water partition coefficient (Wildman–Crippen LogP) is 6.22. The Bertz CT molecular complexity index is 1320. The normalized spacial score (nSPS) is 15.8. The molecular formula is C28H26N2O3. The summed E-state index contributed by atoms with van der Waals surface area (Å²) in [5, 5.41) is 3.92. The number of fused-ring (bicyclic) bond motifs is 3. The highest BCUT2D eigenvalue weighted by Crippen LogP contribution is 2.41. The molecule has 3 aromatic carbocycles. The molecular weight excluding hydrogens is 412 g/mol. The van der Waals surface area contributed by atoms with Gasteiger partial charge in [0.1, 0.15) is 23.8 Å². The first-order valence-electron chi connectivity index (χ1n) is 11.5. The Morgan fingerprint density at radius 2 is 1.82 bits per heavy atom. The summed E-state index contributed by atoms with van der Waals surface area (Å²) in [6.45, 7) is 4.40. The highest BCUT2D eigenvalue weighted by molar-refractivity contribution is 6.17. The maximum absolute atomic E-state index is 13.7. The summed E-state index contributed by atoms with van der Waals surface area (Å²) < 4.78 is 12.4. The quantitative estimate of drug-likeness (QED) is 0.402. The number of rotatable bonds is 5. The maximum atomic E-state index is 13.7. The average Bonchev–Trinajstić information content (AvgIpc) is 3.56. The van der Waals surface area contributed by atoms with Gasteiger partial charge in [-0.25, -0.2) is 0 Å². The molecule has 0 saturated heterocycles. The number of anilines is 1. The van der Waals surface area contributed by atoms with E-state index in [9.17, 15) is 4.79 Å². The molecule has 0 bridgehead atoms. The van der Waals surface area contributed by atoms with E-state index in [-0.39, 0.29) is 5.91 Å². The van der Waals surface area contributed by atoms with Gasteiger partial charge in [-0.05, 0) is 49.9 Å². The van der Waals surface area contributed by atoms with Crippen LogP contribution in [0.4, 0.5) is 5.69 Å². The maximum Gasteiger partial charge on any atom is 0.260 e. The molecule has 33 heavy (non-hydrogen) atoms. The number of benzene rings is 3. The average molecular weight is 439 g/mol. The summed E-state index contributed by atoms with van der Waals surface area (Å²) in [4.78, 5) is 16.0. The van der Waals surface area contributed by atoms with Crippen LogP contribution in [0.5, 0.6) is 5.75 Å². The fraction of sp³-hybridized carbons (Fsp3) is 0.250. The van der Waals surface area contributed by atoms with E-state index in [0.29, 0.717) is 23.6 Å². The number of hydrogen-bond donors (Lipinski definition) is 1. The minimum absolute atomic E-state index is 0.177. The minimum Gasteiger partial charge on any atom is -0.478 e. The van der Waals surface area contributed by atoms with Crippen LogP contribution in [-0.4, -0.2) is 24.1 Å². The third kappa shape index (κ3) is 3.89. The van der Waals surface area contributed by atoms with Crippen LogP contribution in [0.3, 0.4) is 0 Å². The van der Waals surface area contributed by atoms with Crippen LogP contribution in [0.25, 0.3) is 22.3 Å². The molecule has 1 amide bonds. The Morgan fingerprint density at radius 3 is 2.58 bits per heavy atom. The molecule has 1 N–H and O–H groups in total. The Labute approximate surface area is 193 Å². The minimum atomic E-state index is -0.177. The van der Waals surface area contributed by atoms with E-state index in [1.165, 1.54) is 12.8 Å². The second kappa shape index (κ2) is 8.09. The Morgan fingerprint density at radius 1 is 1.03 bits per heavy atom. The van der Waals surface area contributed by atoms with E-state index < -0.39 is 0 Å². The number of carbonyl (C=O) groups is 1. The SMILES string of the molecule is Cc1ccc(NC(=O)c2c(-c3ccccc3)oc3ccc4c(c23)CN(CC2CC2)CO4)cc1. The molecule has 0 radical (unpaired) electrons. The van der Waals surface area contributed by atoms with Crippen molar-refractivity contribution < 1.29 is 13.9 Å². The fourth-order valence-electron chi connectivity index (χ4n) is 4.59. The molecule has 0 spiro atoms. The second-order valence-corrected chi connectivity index (χ2v) is 9.14. The molecule has 5 heteroatoms. The number of aryl methyl sites for hydroxylation is 1. The number of carbonyl (C=O) groups excluding carboxylic acids is 1. The first-order valence-corrected chi connectivity index (χ1v) is 11.5. The first-order chi connectivity index (χ1) is 16.2. The molecule has 1 aliphatic carbocycles. The zero-order valence-corrected chi connectivity index (χ0v) is 18.6. The van der Waals surface area contributed by atoms with Gasteiger partial charge in [-0.15, -0.1) is 0 Å². The second-order valence-electron chi connectivity index (χ2n) is 9.14. The van der Waals surface area contributed by atoms with Crippen molar-refractivity contribution in [1.29, 1.82) is 0 Å². The third-order valence-electron chi connectivity index (χ3n) is 6.49. The molecule has 5 nitrogen and oxygen atoms in total. The lowest BCUT2D eigenvalue weighted by molar-refractivity contribution is 0.0918. The first kappa shape index (κ1) is 20.1. The highest BCUT2D eigenvalue weighted by Gasteiger charge is 2.31. The van der Waals surface area contributed by atoms with E-state index in [4.69, 9.17) is 9.15 Å². The van der Waals surface area contributed by atoms with E-state index in [1.54, 1.807) is 0 Å².